The number of halogens is 1. The van der Waals surface area contributed by atoms with E-state index in [1.54, 1.807) is 0 Å². The molecule has 0 radical (unpaired) electrons. The smallest absolute Gasteiger partial charge is 0.179 e. The van der Waals surface area contributed by atoms with Gasteiger partial charge in [-0.1, -0.05) is 24.9 Å². The van der Waals surface area contributed by atoms with Crippen LogP contribution in [0.3, 0.4) is 0 Å². The summed E-state index contributed by atoms with van der Waals surface area (Å²) in [6.45, 7) is 3.25. The van der Waals surface area contributed by atoms with Crippen LogP contribution in [0, 0.1) is 0 Å². The van der Waals surface area contributed by atoms with Gasteiger partial charge < -0.3 is 9.80 Å². The van der Waals surface area contributed by atoms with Gasteiger partial charge in [-0.25, -0.2) is 0 Å². The minimum Gasteiger partial charge on any atom is -0.347 e. The fraction of sp³-hybridized carbons (Fsp3) is 0.750. The van der Waals surface area contributed by atoms with Gasteiger partial charge in [-0.05, 0) is 6.42 Å². The molecule has 0 aromatic rings. The van der Waals surface area contributed by atoms with Gasteiger partial charge in [0.15, 0.2) is 5.62 Å². The van der Waals surface area contributed by atoms with Crippen molar-refractivity contribution < 1.29 is 0 Å². The van der Waals surface area contributed by atoms with Crippen LogP contribution in [0.2, 0.25) is 0 Å². The Morgan fingerprint density at radius 1 is 1.45 bits per heavy atom. The highest BCUT2D eigenvalue weighted by molar-refractivity contribution is 6.20. The quantitative estimate of drug-likeness (QED) is 0.477. The summed E-state index contributed by atoms with van der Waals surface area (Å²) < 4.78 is 0. The normalized spacial score (nSPS) is 23.4. The third-order valence-electron chi connectivity index (χ3n) is 1.87. The van der Waals surface area contributed by atoms with Gasteiger partial charge in [0, 0.05) is 26.0 Å². The second-order valence-corrected chi connectivity index (χ2v) is 3.26. The molecule has 0 saturated carbocycles. The second-order valence-electron chi connectivity index (χ2n) is 2.87. The van der Waals surface area contributed by atoms with Gasteiger partial charge in [0.1, 0.15) is 0 Å². The largest absolute Gasteiger partial charge is 0.347 e. The molecule has 1 aliphatic rings. The molecule has 0 amide bonds. The molecule has 0 aromatic carbocycles. The molecule has 0 bridgehead atoms. The van der Waals surface area contributed by atoms with Crippen LogP contribution in [0.15, 0.2) is 12.4 Å². The minimum atomic E-state index is 0.0292. The molecule has 1 atom stereocenters. The lowest BCUT2D eigenvalue weighted by Crippen LogP contribution is -2.31. The van der Waals surface area contributed by atoms with Gasteiger partial charge in [0.05, 0.1) is 0 Å². The van der Waals surface area contributed by atoms with Crippen molar-refractivity contribution in [2.24, 2.45) is 0 Å². The van der Waals surface area contributed by atoms with Gasteiger partial charge in [-0.2, -0.15) is 0 Å². The summed E-state index contributed by atoms with van der Waals surface area (Å²) in [5, 5.41) is 0. The molecule has 0 aliphatic carbocycles. The average molecular weight is 175 g/mol. The van der Waals surface area contributed by atoms with Crippen LogP contribution in [0.1, 0.15) is 19.8 Å². The summed E-state index contributed by atoms with van der Waals surface area (Å²) in [6, 6.07) is 0. The molecule has 0 aromatic heterocycles. The van der Waals surface area contributed by atoms with E-state index in [1.165, 1.54) is 12.8 Å². The average Bonchev–Trinajstić information content (AvgIpc) is 2.31. The zero-order valence-electron chi connectivity index (χ0n) is 7.13. The second kappa shape index (κ2) is 3.86. The van der Waals surface area contributed by atoms with E-state index in [0.29, 0.717) is 0 Å². The van der Waals surface area contributed by atoms with Crippen LogP contribution in [-0.2, 0) is 0 Å². The Morgan fingerprint density at radius 2 is 2.18 bits per heavy atom. The fourth-order valence-electron chi connectivity index (χ4n) is 1.09. The lowest BCUT2D eigenvalue weighted by Gasteiger charge is -2.24. The molecule has 0 fully saturated rings. The van der Waals surface area contributed by atoms with Crippen molar-refractivity contribution >= 4 is 11.6 Å². The third-order valence-corrected chi connectivity index (χ3v) is 2.43. The van der Waals surface area contributed by atoms with Crippen molar-refractivity contribution in [3.63, 3.8) is 0 Å². The summed E-state index contributed by atoms with van der Waals surface area (Å²) in [6.07, 6.45) is 6.49. The molecule has 64 valence electrons. The predicted octanol–water partition coefficient (Wildman–Crippen LogP) is 2.03. The Kier molecular flexibility index (Phi) is 3.06. The van der Waals surface area contributed by atoms with E-state index < -0.39 is 0 Å². The first kappa shape index (κ1) is 8.72. The molecular weight excluding hydrogens is 160 g/mol. The molecule has 1 aliphatic heterocycles. The first-order valence-corrected chi connectivity index (χ1v) is 4.49. The summed E-state index contributed by atoms with van der Waals surface area (Å²) in [5.41, 5.74) is 0.0292. The first-order valence-electron chi connectivity index (χ1n) is 4.05. The van der Waals surface area contributed by atoms with E-state index in [9.17, 15) is 0 Å². The van der Waals surface area contributed by atoms with Crippen LogP contribution in [0.25, 0.3) is 0 Å². The molecular formula is C8H15ClN2. The number of hydrogen-bond acceptors (Lipinski definition) is 2. The summed E-state index contributed by atoms with van der Waals surface area (Å²) in [4.78, 5) is 4.14. The number of nitrogens with zero attached hydrogens (tertiary/aromatic N) is 2. The fourth-order valence-corrected chi connectivity index (χ4v) is 1.32. The summed E-state index contributed by atoms with van der Waals surface area (Å²) >= 11 is 6.05. The van der Waals surface area contributed by atoms with Crippen LogP contribution in [-0.4, -0.2) is 29.0 Å². The minimum absolute atomic E-state index is 0.0292. The molecule has 3 heteroatoms. The number of alkyl halides is 1. The number of hydrogen-bond donors (Lipinski definition) is 0. The van der Waals surface area contributed by atoms with Crippen molar-refractivity contribution in [2.75, 3.05) is 13.6 Å². The lowest BCUT2D eigenvalue weighted by atomic mass is 10.3. The Morgan fingerprint density at radius 3 is 2.64 bits per heavy atom. The van der Waals surface area contributed by atoms with Crippen LogP contribution < -0.4 is 0 Å². The topological polar surface area (TPSA) is 6.48 Å². The van der Waals surface area contributed by atoms with Crippen molar-refractivity contribution in [3.8, 4) is 0 Å². The SMILES string of the molecule is CCCCN1C=CN(C)C1Cl. The molecule has 0 spiro atoms. The van der Waals surface area contributed by atoms with Crippen molar-refractivity contribution in [1.82, 2.24) is 9.80 Å². The van der Waals surface area contributed by atoms with Gasteiger partial charge in [0.25, 0.3) is 0 Å². The monoisotopic (exact) mass is 174 g/mol. The maximum atomic E-state index is 6.05. The maximum absolute atomic E-state index is 6.05. The van der Waals surface area contributed by atoms with E-state index in [1.807, 2.05) is 24.3 Å². The van der Waals surface area contributed by atoms with Crippen LogP contribution in [0.4, 0.5) is 0 Å². The Labute approximate surface area is 73.4 Å². The first-order chi connectivity index (χ1) is 5.25. The number of unbranched alkanes of at least 4 members (excludes halogenated alkanes) is 1. The van der Waals surface area contributed by atoms with E-state index in [-0.39, 0.29) is 5.62 Å². The highest BCUT2D eigenvalue weighted by Gasteiger charge is 2.19. The molecule has 11 heavy (non-hydrogen) atoms. The zero-order valence-corrected chi connectivity index (χ0v) is 7.88. The number of rotatable bonds is 3. The van der Waals surface area contributed by atoms with Gasteiger partial charge >= 0.3 is 0 Å². The molecule has 1 rings (SSSR count). The van der Waals surface area contributed by atoms with Crippen molar-refractivity contribution in [1.29, 1.82) is 0 Å². The third kappa shape index (κ3) is 2.03. The van der Waals surface area contributed by atoms with Crippen LogP contribution in [0.5, 0.6) is 0 Å². The van der Waals surface area contributed by atoms with E-state index in [2.05, 4.69) is 11.8 Å². The highest BCUT2D eigenvalue weighted by atomic mass is 35.5. The lowest BCUT2D eigenvalue weighted by molar-refractivity contribution is 0.252. The van der Waals surface area contributed by atoms with Gasteiger partial charge in [-0.3, -0.25) is 0 Å². The summed E-state index contributed by atoms with van der Waals surface area (Å²) in [5.74, 6) is 0. The van der Waals surface area contributed by atoms with Crippen LogP contribution >= 0.6 is 11.6 Å². The standard InChI is InChI=1S/C8H15ClN2/c1-3-4-5-11-7-6-10(2)8(11)9/h6-8H,3-5H2,1-2H3. The van der Waals surface area contributed by atoms with Gasteiger partial charge in [0.2, 0.25) is 0 Å². The Balaban J connectivity index is 2.31. The molecule has 0 saturated heterocycles. The van der Waals surface area contributed by atoms with E-state index in [0.717, 1.165) is 6.54 Å². The molecule has 2 nitrogen and oxygen atoms in total. The van der Waals surface area contributed by atoms with Crippen molar-refractivity contribution in [2.45, 2.75) is 25.4 Å². The Bertz CT molecular complexity index is 147. The van der Waals surface area contributed by atoms with E-state index in [4.69, 9.17) is 11.6 Å². The maximum Gasteiger partial charge on any atom is 0.179 e. The molecule has 1 heterocycles. The Hall–Kier alpha value is -0.370. The predicted molar refractivity (Wildman–Crippen MR) is 48.2 cm³/mol. The molecule has 0 N–H and O–H groups in total. The van der Waals surface area contributed by atoms with Crippen molar-refractivity contribution in [3.05, 3.63) is 12.4 Å². The van der Waals surface area contributed by atoms with Gasteiger partial charge in [-0.15, -0.1) is 0 Å². The van der Waals surface area contributed by atoms with E-state index >= 15 is 0 Å². The zero-order chi connectivity index (χ0) is 8.27. The summed E-state index contributed by atoms with van der Waals surface area (Å²) in [7, 11) is 1.99. The molecule has 1 unspecified atom stereocenters. The highest BCUT2D eigenvalue weighted by Crippen LogP contribution is 2.17.